The monoisotopic (exact) mass is 390 g/mol. The standard InChI is InChI=1S/C20H26N2O4S/c1-14-19(27(23,24)21-2)9-8-17(25-3)20(14)18-11-13-22-12-10-15-6-4-5-7-16(15)26-18/h4-9,18,21-22H,10-13H2,1-3H3. The zero-order valence-electron chi connectivity index (χ0n) is 15.9. The van der Waals surface area contributed by atoms with Crippen molar-refractivity contribution in [3.63, 3.8) is 0 Å². The predicted molar refractivity (Wildman–Crippen MR) is 105 cm³/mol. The van der Waals surface area contributed by atoms with Crippen molar-refractivity contribution in [2.45, 2.75) is 30.8 Å². The van der Waals surface area contributed by atoms with Gasteiger partial charge in [0.15, 0.2) is 0 Å². The van der Waals surface area contributed by atoms with E-state index >= 15 is 0 Å². The first kappa shape index (κ1) is 19.7. The Kier molecular flexibility index (Phi) is 6.04. The highest BCUT2D eigenvalue weighted by atomic mass is 32.2. The maximum Gasteiger partial charge on any atom is 0.240 e. The molecule has 146 valence electrons. The number of sulfonamides is 1. The molecule has 1 unspecified atom stereocenters. The van der Waals surface area contributed by atoms with Gasteiger partial charge in [-0.2, -0.15) is 0 Å². The summed E-state index contributed by atoms with van der Waals surface area (Å²) in [6.45, 7) is 3.44. The summed E-state index contributed by atoms with van der Waals surface area (Å²) in [5.41, 5.74) is 2.55. The Morgan fingerprint density at radius 2 is 1.96 bits per heavy atom. The fourth-order valence-corrected chi connectivity index (χ4v) is 4.47. The molecule has 0 amide bonds. The Morgan fingerprint density at radius 1 is 1.19 bits per heavy atom. The van der Waals surface area contributed by atoms with Gasteiger partial charge in [-0.3, -0.25) is 0 Å². The summed E-state index contributed by atoms with van der Waals surface area (Å²) in [6.07, 6.45) is 1.26. The van der Waals surface area contributed by atoms with Crippen LogP contribution in [-0.4, -0.2) is 35.7 Å². The molecule has 1 aliphatic heterocycles. The average Bonchev–Trinajstić information content (AvgIpc) is 2.77. The van der Waals surface area contributed by atoms with Crippen LogP contribution in [0.3, 0.4) is 0 Å². The van der Waals surface area contributed by atoms with Gasteiger partial charge in [0.05, 0.1) is 12.0 Å². The molecule has 2 aromatic rings. The van der Waals surface area contributed by atoms with E-state index in [1.807, 2.05) is 18.2 Å². The van der Waals surface area contributed by atoms with Crippen LogP contribution in [-0.2, 0) is 16.4 Å². The van der Waals surface area contributed by atoms with Crippen LogP contribution in [0.25, 0.3) is 0 Å². The van der Waals surface area contributed by atoms with Gasteiger partial charge in [0.25, 0.3) is 0 Å². The molecule has 0 fully saturated rings. The first-order chi connectivity index (χ1) is 13.0. The van der Waals surface area contributed by atoms with Crippen LogP contribution >= 0.6 is 0 Å². The van der Waals surface area contributed by atoms with Crippen LogP contribution in [0.1, 0.15) is 29.2 Å². The van der Waals surface area contributed by atoms with Crippen molar-refractivity contribution < 1.29 is 17.9 Å². The third-order valence-electron chi connectivity index (χ3n) is 4.92. The average molecular weight is 391 g/mol. The van der Waals surface area contributed by atoms with Gasteiger partial charge in [-0.15, -0.1) is 0 Å². The van der Waals surface area contributed by atoms with E-state index in [9.17, 15) is 8.42 Å². The number of fused-ring (bicyclic) bond motifs is 1. The normalized spacial score (nSPS) is 17.8. The topological polar surface area (TPSA) is 76.7 Å². The van der Waals surface area contributed by atoms with E-state index < -0.39 is 10.0 Å². The molecule has 0 radical (unpaired) electrons. The molecular weight excluding hydrogens is 364 g/mol. The van der Waals surface area contributed by atoms with E-state index in [2.05, 4.69) is 16.1 Å². The summed E-state index contributed by atoms with van der Waals surface area (Å²) >= 11 is 0. The fourth-order valence-electron chi connectivity index (χ4n) is 3.48. The molecule has 0 spiro atoms. The van der Waals surface area contributed by atoms with E-state index in [-0.39, 0.29) is 11.0 Å². The number of hydrogen-bond acceptors (Lipinski definition) is 5. The van der Waals surface area contributed by atoms with Crippen molar-refractivity contribution in [2.24, 2.45) is 0 Å². The molecule has 0 bridgehead atoms. The molecule has 6 nitrogen and oxygen atoms in total. The number of para-hydroxylation sites is 1. The van der Waals surface area contributed by atoms with Crippen LogP contribution in [0.5, 0.6) is 11.5 Å². The highest BCUT2D eigenvalue weighted by Gasteiger charge is 2.27. The molecule has 0 saturated heterocycles. The molecule has 3 rings (SSSR count). The molecular formula is C20H26N2O4S. The van der Waals surface area contributed by atoms with Crippen molar-refractivity contribution in [3.8, 4) is 11.5 Å². The van der Waals surface area contributed by atoms with E-state index in [1.54, 1.807) is 26.2 Å². The SMILES string of the molecule is CNS(=O)(=O)c1ccc(OC)c(C2CCNCCc3ccccc3O2)c1C. The Labute approximate surface area is 160 Å². The van der Waals surface area contributed by atoms with E-state index in [0.29, 0.717) is 17.7 Å². The quantitative estimate of drug-likeness (QED) is 0.839. The third-order valence-corrected chi connectivity index (χ3v) is 6.48. The van der Waals surface area contributed by atoms with Crippen molar-refractivity contribution in [2.75, 3.05) is 27.2 Å². The maximum atomic E-state index is 12.4. The summed E-state index contributed by atoms with van der Waals surface area (Å²) in [5, 5.41) is 3.43. The molecule has 0 saturated carbocycles. The second-order valence-corrected chi connectivity index (χ2v) is 8.37. The van der Waals surface area contributed by atoms with Gasteiger partial charge >= 0.3 is 0 Å². The lowest BCUT2D eigenvalue weighted by Gasteiger charge is -2.25. The minimum Gasteiger partial charge on any atom is -0.496 e. The molecule has 7 heteroatoms. The smallest absolute Gasteiger partial charge is 0.240 e. The molecule has 1 atom stereocenters. The van der Waals surface area contributed by atoms with E-state index in [4.69, 9.17) is 9.47 Å². The largest absolute Gasteiger partial charge is 0.496 e. The molecule has 0 aromatic heterocycles. The Hall–Kier alpha value is -2.09. The number of hydrogen-bond donors (Lipinski definition) is 2. The molecule has 27 heavy (non-hydrogen) atoms. The highest BCUT2D eigenvalue weighted by molar-refractivity contribution is 7.89. The zero-order valence-corrected chi connectivity index (χ0v) is 16.7. The predicted octanol–water partition coefficient (Wildman–Crippen LogP) is 2.57. The fraction of sp³-hybridized carbons (Fsp3) is 0.400. The lowest BCUT2D eigenvalue weighted by Crippen LogP contribution is -2.23. The number of ether oxygens (including phenoxy) is 2. The van der Waals surface area contributed by atoms with Gasteiger partial charge in [0.1, 0.15) is 17.6 Å². The highest BCUT2D eigenvalue weighted by Crippen LogP contribution is 2.37. The second-order valence-electron chi connectivity index (χ2n) is 6.52. The molecule has 2 aromatic carbocycles. The van der Waals surface area contributed by atoms with Crippen LogP contribution in [0.15, 0.2) is 41.3 Å². The number of benzene rings is 2. The minimum atomic E-state index is -3.58. The zero-order chi connectivity index (χ0) is 19.4. The van der Waals surface area contributed by atoms with Crippen LogP contribution in [0.4, 0.5) is 0 Å². The molecule has 0 aliphatic carbocycles. The van der Waals surface area contributed by atoms with Crippen LogP contribution in [0.2, 0.25) is 0 Å². The van der Waals surface area contributed by atoms with E-state index in [0.717, 1.165) is 36.4 Å². The van der Waals surface area contributed by atoms with Crippen molar-refractivity contribution in [3.05, 3.63) is 53.1 Å². The molecule has 2 N–H and O–H groups in total. The third kappa shape index (κ3) is 4.10. The van der Waals surface area contributed by atoms with Crippen molar-refractivity contribution in [1.82, 2.24) is 10.0 Å². The summed E-state index contributed by atoms with van der Waals surface area (Å²) in [6, 6.07) is 11.2. The summed E-state index contributed by atoms with van der Waals surface area (Å²) in [5.74, 6) is 1.46. The van der Waals surface area contributed by atoms with E-state index in [1.165, 1.54) is 7.05 Å². The maximum absolute atomic E-state index is 12.4. The molecule has 1 heterocycles. The van der Waals surface area contributed by atoms with Crippen LogP contribution < -0.4 is 19.5 Å². The van der Waals surface area contributed by atoms with Crippen molar-refractivity contribution >= 4 is 10.0 Å². The second kappa shape index (κ2) is 8.29. The number of nitrogens with one attached hydrogen (secondary N) is 2. The van der Waals surface area contributed by atoms with Gasteiger partial charge in [-0.1, -0.05) is 18.2 Å². The van der Waals surface area contributed by atoms with Gasteiger partial charge in [0, 0.05) is 12.0 Å². The lowest BCUT2D eigenvalue weighted by molar-refractivity contribution is 0.189. The van der Waals surface area contributed by atoms with Gasteiger partial charge in [-0.25, -0.2) is 13.1 Å². The van der Waals surface area contributed by atoms with Crippen molar-refractivity contribution in [1.29, 1.82) is 0 Å². The Bertz CT molecular complexity index is 912. The van der Waals surface area contributed by atoms with Crippen LogP contribution in [0, 0.1) is 6.92 Å². The Morgan fingerprint density at radius 3 is 2.70 bits per heavy atom. The molecule has 1 aliphatic rings. The first-order valence-corrected chi connectivity index (χ1v) is 10.5. The lowest BCUT2D eigenvalue weighted by atomic mass is 9.99. The van der Waals surface area contributed by atoms with Gasteiger partial charge in [-0.05, 0) is 62.8 Å². The number of methoxy groups -OCH3 is 1. The van der Waals surface area contributed by atoms with Gasteiger partial charge in [0.2, 0.25) is 10.0 Å². The summed E-state index contributed by atoms with van der Waals surface area (Å²) < 4.78 is 39.2. The number of rotatable bonds is 4. The summed E-state index contributed by atoms with van der Waals surface area (Å²) in [4.78, 5) is 0.241. The van der Waals surface area contributed by atoms with Gasteiger partial charge < -0.3 is 14.8 Å². The summed E-state index contributed by atoms with van der Waals surface area (Å²) in [7, 11) is -0.575. The first-order valence-electron chi connectivity index (χ1n) is 9.04. The minimum absolute atomic E-state index is 0.241. The Balaban J connectivity index is 2.12.